The Morgan fingerprint density at radius 2 is 1.85 bits per heavy atom. The van der Waals surface area contributed by atoms with E-state index >= 15 is 0 Å². The van der Waals surface area contributed by atoms with Crippen molar-refractivity contribution in [3.05, 3.63) is 71.5 Å². The number of thiocarbonyl (C=S) groups is 1. The van der Waals surface area contributed by atoms with E-state index in [1.54, 1.807) is 0 Å². The van der Waals surface area contributed by atoms with Gasteiger partial charge in [0.05, 0.1) is 0 Å². The number of rotatable bonds is 3. The van der Waals surface area contributed by atoms with Gasteiger partial charge in [-0.25, -0.2) is 4.39 Å². The highest BCUT2D eigenvalue weighted by Gasteiger charge is 2.08. The largest absolute Gasteiger partial charge is 0.358 e. The molecule has 0 aliphatic rings. The molecule has 2 aromatic rings. The number of amides is 1. The molecule has 0 unspecified atom stereocenters. The first-order valence-electron chi connectivity index (χ1n) is 6.04. The molecule has 0 heterocycles. The first-order chi connectivity index (χ1) is 9.65. The highest BCUT2D eigenvalue weighted by atomic mass is 32.1. The molecule has 0 aromatic heterocycles. The van der Waals surface area contributed by atoms with Crippen molar-refractivity contribution in [2.45, 2.75) is 6.54 Å². The van der Waals surface area contributed by atoms with Gasteiger partial charge in [-0.15, -0.1) is 0 Å². The number of benzene rings is 2. The Morgan fingerprint density at radius 3 is 2.55 bits per heavy atom. The van der Waals surface area contributed by atoms with Gasteiger partial charge in [0.15, 0.2) is 5.11 Å². The Kier molecular flexibility index (Phi) is 4.79. The fraction of sp³-hybridized carbons (Fsp3) is 0.0667. The molecular formula is C15H13FN2OS. The van der Waals surface area contributed by atoms with Crippen LogP contribution in [0, 0.1) is 5.82 Å². The summed E-state index contributed by atoms with van der Waals surface area (Å²) >= 11 is 5.03. The van der Waals surface area contributed by atoms with Crippen LogP contribution in [-0.2, 0) is 6.54 Å². The SMILES string of the molecule is O=C(NC(=S)NCc1ccccc1)c1cccc(F)c1. The summed E-state index contributed by atoms with van der Waals surface area (Å²) in [6.07, 6.45) is 0. The molecule has 2 rings (SSSR count). The molecule has 0 atom stereocenters. The van der Waals surface area contributed by atoms with Crippen molar-refractivity contribution in [3.8, 4) is 0 Å². The van der Waals surface area contributed by atoms with Crippen LogP contribution < -0.4 is 10.6 Å². The van der Waals surface area contributed by atoms with E-state index in [9.17, 15) is 9.18 Å². The van der Waals surface area contributed by atoms with E-state index in [-0.39, 0.29) is 10.7 Å². The maximum absolute atomic E-state index is 13.0. The van der Waals surface area contributed by atoms with Crippen molar-refractivity contribution < 1.29 is 9.18 Å². The van der Waals surface area contributed by atoms with E-state index in [4.69, 9.17) is 12.2 Å². The van der Waals surface area contributed by atoms with Crippen LogP contribution in [0.3, 0.4) is 0 Å². The van der Waals surface area contributed by atoms with E-state index in [0.29, 0.717) is 6.54 Å². The standard InChI is InChI=1S/C15H13FN2OS/c16-13-8-4-7-12(9-13)14(19)18-15(20)17-10-11-5-2-1-3-6-11/h1-9H,10H2,(H2,17,18,19,20). The molecule has 0 saturated heterocycles. The molecule has 0 saturated carbocycles. The fourth-order valence-corrected chi connectivity index (χ4v) is 1.79. The molecule has 1 amide bonds. The van der Waals surface area contributed by atoms with Gasteiger partial charge in [0.2, 0.25) is 0 Å². The Morgan fingerprint density at radius 1 is 1.10 bits per heavy atom. The van der Waals surface area contributed by atoms with Gasteiger partial charge in [-0.05, 0) is 36.0 Å². The zero-order chi connectivity index (χ0) is 14.4. The van der Waals surface area contributed by atoms with Crippen LogP contribution in [0.25, 0.3) is 0 Å². The number of nitrogens with one attached hydrogen (secondary N) is 2. The van der Waals surface area contributed by atoms with Crippen molar-refractivity contribution in [2.24, 2.45) is 0 Å². The lowest BCUT2D eigenvalue weighted by atomic mass is 10.2. The van der Waals surface area contributed by atoms with Crippen molar-refractivity contribution in [3.63, 3.8) is 0 Å². The maximum atomic E-state index is 13.0. The predicted molar refractivity (Wildman–Crippen MR) is 79.7 cm³/mol. The van der Waals surface area contributed by atoms with E-state index in [1.165, 1.54) is 18.2 Å². The highest BCUT2D eigenvalue weighted by Crippen LogP contribution is 2.03. The van der Waals surface area contributed by atoms with Gasteiger partial charge in [0, 0.05) is 12.1 Å². The minimum absolute atomic E-state index is 0.211. The molecule has 2 N–H and O–H groups in total. The number of hydrogen-bond donors (Lipinski definition) is 2. The second kappa shape index (κ2) is 6.77. The molecule has 0 spiro atoms. The third-order valence-electron chi connectivity index (χ3n) is 2.61. The first kappa shape index (κ1) is 14.1. The molecule has 0 radical (unpaired) electrons. The summed E-state index contributed by atoms with van der Waals surface area (Å²) in [4.78, 5) is 11.8. The van der Waals surface area contributed by atoms with E-state index in [0.717, 1.165) is 11.6 Å². The molecule has 0 bridgehead atoms. The smallest absolute Gasteiger partial charge is 0.257 e. The fourth-order valence-electron chi connectivity index (χ4n) is 1.63. The predicted octanol–water partition coefficient (Wildman–Crippen LogP) is 2.63. The van der Waals surface area contributed by atoms with Gasteiger partial charge in [0.1, 0.15) is 5.82 Å². The topological polar surface area (TPSA) is 41.1 Å². The third-order valence-corrected chi connectivity index (χ3v) is 2.86. The summed E-state index contributed by atoms with van der Waals surface area (Å²) < 4.78 is 13.0. The van der Waals surface area contributed by atoms with Crippen LogP contribution in [-0.4, -0.2) is 11.0 Å². The van der Waals surface area contributed by atoms with Crippen LogP contribution in [0.1, 0.15) is 15.9 Å². The summed E-state index contributed by atoms with van der Waals surface area (Å²) in [6, 6.07) is 15.1. The van der Waals surface area contributed by atoms with Crippen LogP contribution in [0.2, 0.25) is 0 Å². The first-order valence-corrected chi connectivity index (χ1v) is 6.44. The van der Waals surface area contributed by atoms with Crippen LogP contribution in [0.4, 0.5) is 4.39 Å². The van der Waals surface area contributed by atoms with E-state index in [2.05, 4.69) is 10.6 Å². The van der Waals surface area contributed by atoms with Gasteiger partial charge < -0.3 is 5.32 Å². The second-order valence-electron chi connectivity index (χ2n) is 4.13. The second-order valence-corrected chi connectivity index (χ2v) is 4.54. The van der Waals surface area contributed by atoms with Crippen molar-refractivity contribution in [2.75, 3.05) is 0 Å². The molecule has 0 aliphatic heterocycles. The summed E-state index contributed by atoms with van der Waals surface area (Å²) in [6.45, 7) is 0.517. The summed E-state index contributed by atoms with van der Waals surface area (Å²) in [5.41, 5.74) is 1.28. The molecule has 5 heteroatoms. The maximum Gasteiger partial charge on any atom is 0.257 e. The Bertz CT molecular complexity index is 616. The minimum Gasteiger partial charge on any atom is -0.358 e. The minimum atomic E-state index is -0.458. The molecule has 102 valence electrons. The van der Waals surface area contributed by atoms with E-state index < -0.39 is 11.7 Å². The number of hydrogen-bond acceptors (Lipinski definition) is 2. The normalized spacial score (nSPS) is 9.85. The average Bonchev–Trinajstić information content (AvgIpc) is 2.46. The van der Waals surface area contributed by atoms with Crippen molar-refractivity contribution >= 4 is 23.2 Å². The molecule has 0 fully saturated rings. The summed E-state index contributed by atoms with van der Waals surface area (Å²) in [7, 11) is 0. The lowest BCUT2D eigenvalue weighted by molar-refractivity contribution is 0.0976. The van der Waals surface area contributed by atoms with E-state index in [1.807, 2.05) is 30.3 Å². The van der Waals surface area contributed by atoms with Crippen LogP contribution in [0.5, 0.6) is 0 Å². The third kappa shape index (κ3) is 4.13. The number of halogens is 1. The quantitative estimate of drug-likeness (QED) is 0.853. The Balaban J connectivity index is 1.87. The van der Waals surface area contributed by atoms with Gasteiger partial charge in [0.25, 0.3) is 5.91 Å². The molecular weight excluding hydrogens is 275 g/mol. The average molecular weight is 288 g/mol. The zero-order valence-electron chi connectivity index (χ0n) is 10.6. The molecule has 2 aromatic carbocycles. The zero-order valence-corrected chi connectivity index (χ0v) is 11.4. The highest BCUT2D eigenvalue weighted by molar-refractivity contribution is 7.80. The molecule has 3 nitrogen and oxygen atoms in total. The Hall–Kier alpha value is -2.27. The van der Waals surface area contributed by atoms with Gasteiger partial charge in [-0.3, -0.25) is 10.1 Å². The molecule has 0 aliphatic carbocycles. The Labute approximate surface area is 121 Å². The number of carbonyl (C=O) groups excluding carboxylic acids is 1. The summed E-state index contributed by atoms with van der Waals surface area (Å²) in [5, 5.41) is 5.64. The molecule has 20 heavy (non-hydrogen) atoms. The van der Waals surface area contributed by atoms with Crippen LogP contribution >= 0.6 is 12.2 Å². The van der Waals surface area contributed by atoms with Gasteiger partial charge in [-0.1, -0.05) is 36.4 Å². The van der Waals surface area contributed by atoms with Gasteiger partial charge >= 0.3 is 0 Å². The lowest BCUT2D eigenvalue weighted by Gasteiger charge is -2.09. The van der Waals surface area contributed by atoms with Gasteiger partial charge in [-0.2, -0.15) is 0 Å². The van der Waals surface area contributed by atoms with Crippen molar-refractivity contribution in [1.29, 1.82) is 0 Å². The summed E-state index contributed by atoms with van der Waals surface area (Å²) in [5.74, 6) is -0.893. The lowest BCUT2D eigenvalue weighted by Crippen LogP contribution is -2.38. The van der Waals surface area contributed by atoms with Crippen LogP contribution in [0.15, 0.2) is 54.6 Å². The monoisotopic (exact) mass is 288 g/mol. The number of carbonyl (C=O) groups is 1. The van der Waals surface area contributed by atoms with Crippen molar-refractivity contribution in [1.82, 2.24) is 10.6 Å².